The van der Waals surface area contributed by atoms with Crippen molar-refractivity contribution in [3.63, 3.8) is 0 Å². The monoisotopic (exact) mass is 458 g/mol. The molecule has 1 saturated heterocycles. The van der Waals surface area contributed by atoms with Gasteiger partial charge in [-0.3, -0.25) is 24.3 Å². The summed E-state index contributed by atoms with van der Waals surface area (Å²) in [7, 11) is -4.40. The van der Waals surface area contributed by atoms with Crippen LogP contribution in [0.2, 0.25) is 0 Å². The van der Waals surface area contributed by atoms with Crippen LogP contribution in [0.25, 0.3) is 20.8 Å². The maximum Gasteiger partial charge on any atom is 0.296 e. The molecule has 10 nitrogen and oxygen atoms in total. The molecule has 3 aromatic rings. The fourth-order valence-electron chi connectivity index (χ4n) is 3.07. The molecule has 1 unspecified atom stereocenters. The topological polar surface area (TPSA) is 155 Å². The van der Waals surface area contributed by atoms with Crippen molar-refractivity contribution in [1.82, 2.24) is 10.3 Å². The molecule has 2 heterocycles. The average Bonchev–Trinajstić information content (AvgIpc) is 3.10. The number of hydrogen-bond acceptors (Lipinski definition) is 9. The second-order valence-corrected chi connectivity index (χ2v) is 9.13. The van der Waals surface area contributed by atoms with E-state index in [1.807, 2.05) is 5.32 Å². The van der Waals surface area contributed by atoms with Crippen LogP contribution in [0.3, 0.4) is 0 Å². The number of Topliss-reactive ketones (excluding diaryl/α,β-unsaturated/α-hetero) is 1. The minimum Gasteiger partial charge on any atom is -0.296 e. The Morgan fingerprint density at radius 3 is 2.48 bits per heavy atom. The van der Waals surface area contributed by atoms with Gasteiger partial charge in [0.2, 0.25) is 11.9 Å². The first kappa shape index (κ1) is 20.9. The number of imide groups is 1. The molecule has 2 aromatic carbocycles. The van der Waals surface area contributed by atoms with Crippen LogP contribution < -0.4 is 5.32 Å². The number of aromatic nitrogens is 1. The quantitative estimate of drug-likeness (QED) is 0.263. The Balaban J connectivity index is 1.62. The number of ketones is 1. The molecule has 0 radical (unpaired) electrons. The van der Waals surface area contributed by atoms with Crippen molar-refractivity contribution < 1.29 is 27.4 Å². The second-order valence-electron chi connectivity index (χ2n) is 6.77. The van der Waals surface area contributed by atoms with Crippen LogP contribution in [-0.2, 0) is 24.5 Å². The summed E-state index contributed by atoms with van der Waals surface area (Å²) in [4.78, 5) is 38.9. The highest BCUT2D eigenvalue weighted by Crippen LogP contribution is 2.36. The first-order valence-corrected chi connectivity index (χ1v) is 11.1. The van der Waals surface area contributed by atoms with E-state index in [9.17, 15) is 27.4 Å². The number of carbonyl (C=O) groups is 3. The molecular formula is C19H14N4O6S2. The number of benzene rings is 2. The van der Waals surface area contributed by atoms with E-state index in [0.717, 1.165) is 11.3 Å². The number of fused-ring (bicyclic) bond motifs is 1. The molecule has 1 aromatic heterocycles. The SMILES string of the molecule is Cc1ccc2nc(-c3ccc(N=NC4C(=O)CC(=O)NC4=O)cc3)sc2c1S(=O)(=O)O. The molecule has 0 spiro atoms. The summed E-state index contributed by atoms with van der Waals surface area (Å²) in [5, 5.41) is 10.2. The molecule has 4 rings (SSSR count). The fraction of sp³-hybridized carbons (Fsp3) is 0.158. The molecule has 0 bridgehead atoms. The number of azo groups is 1. The zero-order chi connectivity index (χ0) is 22.3. The van der Waals surface area contributed by atoms with Gasteiger partial charge >= 0.3 is 0 Å². The fourth-order valence-corrected chi connectivity index (χ4v) is 5.39. The van der Waals surface area contributed by atoms with Crippen molar-refractivity contribution in [3.8, 4) is 10.6 Å². The average molecular weight is 458 g/mol. The van der Waals surface area contributed by atoms with Gasteiger partial charge in [0.25, 0.3) is 16.0 Å². The Labute approximate surface area is 179 Å². The first-order valence-electron chi connectivity index (χ1n) is 8.89. The Kier molecular flexibility index (Phi) is 5.21. The Hall–Kier alpha value is -3.35. The number of piperidine rings is 1. The molecule has 1 aliphatic rings. The number of rotatable bonds is 4. The summed E-state index contributed by atoms with van der Waals surface area (Å²) in [5.74, 6) is -2.08. The van der Waals surface area contributed by atoms with Gasteiger partial charge in [-0.1, -0.05) is 6.07 Å². The molecule has 1 aliphatic heterocycles. The molecule has 2 amide bonds. The Morgan fingerprint density at radius 1 is 1.13 bits per heavy atom. The normalized spacial score (nSPS) is 17.5. The Morgan fingerprint density at radius 2 is 1.84 bits per heavy atom. The number of aryl methyl sites for hydroxylation is 1. The number of thiazole rings is 1. The van der Waals surface area contributed by atoms with E-state index in [2.05, 4.69) is 15.2 Å². The maximum atomic E-state index is 11.8. The van der Waals surface area contributed by atoms with Gasteiger partial charge in [-0.15, -0.1) is 11.3 Å². The van der Waals surface area contributed by atoms with E-state index < -0.39 is 40.2 Å². The van der Waals surface area contributed by atoms with Crippen LogP contribution in [0.1, 0.15) is 12.0 Å². The van der Waals surface area contributed by atoms with Crippen molar-refractivity contribution >= 4 is 55.0 Å². The third-order valence-corrected chi connectivity index (χ3v) is 6.83. The zero-order valence-corrected chi connectivity index (χ0v) is 17.5. The van der Waals surface area contributed by atoms with Crippen molar-refractivity contribution in [2.75, 3.05) is 0 Å². The Bertz CT molecular complexity index is 1360. The van der Waals surface area contributed by atoms with Gasteiger partial charge in [-0.2, -0.15) is 18.6 Å². The van der Waals surface area contributed by atoms with Crippen LogP contribution in [-0.4, -0.2) is 41.6 Å². The van der Waals surface area contributed by atoms with Gasteiger partial charge < -0.3 is 0 Å². The number of hydrogen-bond donors (Lipinski definition) is 2. The van der Waals surface area contributed by atoms with E-state index in [0.29, 0.717) is 32.0 Å². The molecule has 2 N–H and O–H groups in total. The molecule has 0 aliphatic carbocycles. The lowest BCUT2D eigenvalue weighted by molar-refractivity contribution is -0.140. The molecule has 12 heteroatoms. The largest absolute Gasteiger partial charge is 0.296 e. The molecule has 31 heavy (non-hydrogen) atoms. The highest BCUT2D eigenvalue weighted by atomic mass is 32.2. The predicted molar refractivity (Wildman–Crippen MR) is 111 cm³/mol. The van der Waals surface area contributed by atoms with Gasteiger partial charge in [0, 0.05) is 5.56 Å². The van der Waals surface area contributed by atoms with Crippen LogP contribution in [0.15, 0.2) is 51.5 Å². The number of amides is 2. The standard InChI is InChI=1S/C19H14N4O6S2/c1-9-2-7-12-16(17(9)31(27,28)29)30-19(20-12)10-3-5-11(6-4-10)22-23-15-13(24)8-14(25)21-18(15)26/h2-7,15H,8H2,1H3,(H,21,25,26)(H,27,28,29). The van der Waals surface area contributed by atoms with Gasteiger partial charge in [-0.05, 0) is 42.8 Å². The van der Waals surface area contributed by atoms with Crippen LogP contribution in [0.4, 0.5) is 5.69 Å². The summed E-state index contributed by atoms with van der Waals surface area (Å²) in [6.07, 6.45) is -0.420. The van der Waals surface area contributed by atoms with E-state index in [1.165, 1.54) is 0 Å². The molecule has 1 atom stereocenters. The lowest BCUT2D eigenvalue weighted by Crippen LogP contribution is -2.48. The van der Waals surface area contributed by atoms with Crippen molar-refractivity contribution in [1.29, 1.82) is 0 Å². The maximum absolute atomic E-state index is 11.8. The molecule has 1 fully saturated rings. The minimum absolute atomic E-state index is 0.159. The summed E-state index contributed by atoms with van der Waals surface area (Å²) in [6.45, 7) is 1.59. The zero-order valence-electron chi connectivity index (χ0n) is 15.9. The third kappa shape index (κ3) is 4.13. The van der Waals surface area contributed by atoms with E-state index >= 15 is 0 Å². The highest BCUT2D eigenvalue weighted by molar-refractivity contribution is 7.86. The summed E-state index contributed by atoms with van der Waals surface area (Å²) in [5.41, 5.74) is 1.91. The van der Waals surface area contributed by atoms with Crippen LogP contribution >= 0.6 is 11.3 Å². The summed E-state index contributed by atoms with van der Waals surface area (Å²) in [6, 6.07) is 8.44. The van der Waals surface area contributed by atoms with Crippen molar-refractivity contribution in [2.45, 2.75) is 24.3 Å². The van der Waals surface area contributed by atoms with Crippen LogP contribution in [0.5, 0.6) is 0 Å². The van der Waals surface area contributed by atoms with Gasteiger partial charge in [0.1, 0.15) is 9.90 Å². The number of nitrogens with one attached hydrogen (secondary N) is 1. The van der Waals surface area contributed by atoms with Gasteiger partial charge in [-0.25, -0.2) is 4.98 Å². The molecule has 0 saturated carbocycles. The second kappa shape index (κ2) is 7.72. The summed E-state index contributed by atoms with van der Waals surface area (Å²) >= 11 is 1.13. The lowest BCUT2D eigenvalue weighted by Gasteiger charge is -2.14. The van der Waals surface area contributed by atoms with Crippen molar-refractivity contribution in [2.24, 2.45) is 10.2 Å². The number of carbonyl (C=O) groups excluding carboxylic acids is 3. The molecule has 158 valence electrons. The van der Waals surface area contributed by atoms with Crippen molar-refractivity contribution in [3.05, 3.63) is 42.0 Å². The smallest absolute Gasteiger partial charge is 0.296 e. The summed E-state index contributed by atoms with van der Waals surface area (Å²) < 4.78 is 33.4. The van der Waals surface area contributed by atoms with E-state index in [1.54, 1.807) is 43.3 Å². The highest BCUT2D eigenvalue weighted by Gasteiger charge is 2.34. The van der Waals surface area contributed by atoms with Gasteiger partial charge in [0.05, 0.1) is 22.3 Å². The van der Waals surface area contributed by atoms with Crippen LogP contribution in [0, 0.1) is 6.92 Å². The minimum atomic E-state index is -4.40. The third-order valence-electron chi connectivity index (χ3n) is 4.52. The lowest BCUT2D eigenvalue weighted by atomic mass is 10.1. The molecular weight excluding hydrogens is 444 g/mol. The van der Waals surface area contributed by atoms with E-state index in [-0.39, 0.29) is 4.90 Å². The number of nitrogens with zero attached hydrogens (tertiary/aromatic N) is 3. The van der Waals surface area contributed by atoms with Gasteiger partial charge in [0.15, 0.2) is 5.78 Å². The van der Waals surface area contributed by atoms with E-state index in [4.69, 9.17) is 0 Å². The first-order chi connectivity index (χ1) is 14.6. The predicted octanol–water partition coefficient (Wildman–Crippen LogP) is 2.59.